The lowest BCUT2D eigenvalue weighted by atomic mass is 10.0. The van der Waals surface area contributed by atoms with Crippen LogP contribution in [0.4, 0.5) is 18.9 Å². The molecular formula is C22H21Cl2F3N2O2S. The summed E-state index contributed by atoms with van der Waals surface area (Å²) in [5.41, 5.74) is 1.33. The van der Waals surface area contributed by atoms with Crippen LogP contribution in [0.3, 0.4) is 0 Å². The van der Waals surface area contributed by atoms with Crippen molar-refractivity contribution < 1.29 is 22.8 Å². The summed E-state index contributed by atoms with van der Waals surface area (Å²) in [5.74, 6) is -2.81. The Bertz CT molecular complexity index is 1020. The van der Waals surface area contributed by atoms with Gasteiger partial charge in [-0.25, -0.2) is 0 Å². The van der Waals surface area contributed by atoms with E-state index in [0.29, 0.717) is 40.3 Å². The summed E-state index contributed by atoms with van der Waals surface area (Å²) in [5, 5.41) is 0.777. The summed E-state index contributed by atoms with van der Waals surface area (Å²) in [4.78, 5) is 28.5. The van der Waals surface area contributed by atoms with E-state index >= 15 is 0 Å². The number of Topliss-reactive ketones (excluding diaryl/α,β-unsaturated/α-hetero) is 1. The maximum Gasteiger partial charge on any atom is 0.450 e. The van der Waals surface area contributed by atoms with Crippen LogP contribution in [0, 0.1) is 0 Å². The molecule has 2 atom stereocenters. The average Bonchev–Trinajstić information content (AvgIpc) is 2.73. The lowest BCUT2D eigenvalue weighted by Crippen LogP contribution is -2.59. The van der Waals surface area contributed by atoms with Crippen molar-refractivity contribution in [2.75, 3.05) is 23.7 Å². The number of benzene rings is 2. The van der Waals surface area contributed by atoms with E-state index in [9.17, 15) is 22.8 Å². The number of hydrogen-bond donors (Lipinski definition) is 0. The SMILES string of the molecule is C[C@H]1[C@H](C)N(c2cccc(Cl)c2)CCN1C(=O)c1ccc(SCC(=O)C(F)(F)F)c(Cl)c1. The van der Waals surface area contributed by atoms with Gasteiger partial charge in [0.2, 0.25) is 5.78 Å². The predicted octanol–water partition coefficient (Wildman–Crippen LogP) is 5.96. The normalized spacial score (nSPS) is 19.2. The smallest absolute Gasteiger partial charge is 0.365 e. The van der Waals surface area contributed by atoms with Gasteiger partial charge in [-0.15, -0.1) is 11.8 Å². The van der Waals surface area contributed by atoms with E-state index < -0.39 is 17.7 Å². The molecule has 1 heterocycles. The van der Waals surface area contributed by atoms with Gasteiger partial charge in [-0.05, 0) is 50.2 Å². The van der Waals surface area contributed by atoms with Crippen LogP contribution in [0.15, 0.2) is 47.4 Å². The number of carbonyl (C=O) groups is 2. The fourth-order valence-electron chi connectivity index (χ4n) is 3.59. The van der Waals surface area contributed by atoms with E-state index in [-0.39, 0.29) is 23.0 Å². The van der Waals surface area contributed by atoms with E-state index in [1.807, 2.05) is 38.1 Å². The molecule has 1 aliphatic heterocycles. The molecular weight excluding hydrogens is 484 g/mol. The third-order valence-corrected chi connectivity index (χ3v) is 7.25. The van der Waals surface area contributed by atoms with Gasteiger partial charge in [0.1, 0.15) is 0 Å². The Morgan fingerprint density at radius 3 is 2.41 bits per heavy atom. The summed E-state index contributed by atoms with van der Waals surface area (Å²) in [6.45, 7) is 5.12. The highest BCUT2D eigenvalue weighted by molar-refractivity contribution is 8.00. The molecule has 0 aliphatic carbocycles. The van der Waals surface area contributed by atoms with E-state index in [4.69, 9.17) is 23.2 Å². The van der Waals surface area contributed by atoms with Crippen LogP contribution in [0.25, 0.3) is 0 Å². The Balaban J connectivity index is 1.70. The summed E-state index contributed by atoms with van der Waals surface area (Å²) in [7, 11) is 0. The van der Waals surface area contributed by atoms with E-state index in [0.717, 1.165) is 5.69 Å². The first-order valence-corrected chi connectivity index (χ1v) is 11.6. The minimum Gasteiger partial charge on any atom is -0.365 e. The first-order valence-electron chi connectivity index (χ1n) is 9.84. The molecule has 0 radical (unpaired) electrons. The first-order chi connectivity index (χ1) is 15.0. The third kappa shape index (κ3) is 5.53. The molecule has 1 amide bonds. The molecule has 0 bridgehead atoms. The van der Waals surface area contributed by atoms with Crippen molar-refractivity contribution >= 4 is 52.3 Å². The van der Waals surface area contributed by atoms with Crippen molar-refractivity contribution in [3.63, 3.8) is 0 Å². The zero-order valence-electron chi connectivity index (χ0n) is 17.3. The molecule has 4 nitrogen and oxygen atoms in total. The highest BCUT2D eigenvalue weighted by Crippen LogP contribution is 2.32. The number of piperazine rings is 1. The van der Waals surface area contributed by atoms with Gasteiger partial charge in [0.15, 0.2) is 0 Å². The second kappa shape index (κ2) is 9.93. The highest BCUT2D eigenvalue weighted by Gasteiger charge is 2.38. The van der Waals surface area contributed by atoms with Gasteiger partial charge in [-0.3, -0.25) is 9.59 Å². The number of hydrogen-bond acceptors (Lipinski definition) is 4. The van der Waals surface area contributed by atoms with Gasteiger partial charge >= 0.3 is 6.18 Å². The minimum atomic E-state index is -4.88. The van der Waals surface area contributed by atoms with E-state index in [1.54, 1.807) is 4.90 Å². The highest BCUT2D eigenvalue weighted by atomic mass is 35.5. The Morgan fingerprint density at radius 2 is 1.78 bits per heavy atom. The van der Waals surface area contributed by atoms with Crippen LogP contribution in [0.1, 0.15) is 24.2 Å². The largest absolute Gasteiger partial charge is 0.450 e. The molecule has 0 unspecified atom stereocenters. The molecule has 0 N–H and O–H groups in total. The van der Waals surface area contributed by atoms with Crippen LogP contribution >= 0.6 is 35.0 Å². The number of halogens is 5. The zero-order chi connectivity index (χ0) is 23.6. The lowest BCUT2D eigenvalue weighted by Gasteiger charge is -2.46. The number of carbonyl (C=O) groups excluding carboxylic acids is 2. The number of nitrogens with zero attached hydrogens (tertiary/aromatic N) is 2. The monoisotopic (exact) mass is 504 g/mol. The third-order valence-electron chi connectivity index (χ3n) is 5.52. The number of alkyl halides is 3. The maximum atomic E-state index is 13.1. The van der Waals surface area contributed by atoms with Crippen LogP contribution in [-0.2, 0) is 4.79 Å². The second-order valence-electron chi connectivity index (χ2n) is 7.51. The molecule has 172 valence electrons. The fraction of sp³-hybridized carbons (Fsp3) is 0.364. The average molecular weight is 505 g/mol. The number of ketones is 1. The second-order valence-corrected chi connectivity index (χ2v) is 9.37. The predicted molar refractivity (Wildman–Crippen MR) is 122 cm³/mol. The number of amides is 1. The van der Waals surface area contributed by atoms with Crippen molar-refractivity contribution in [2.45, 2.75) is 37.0 Å². The van der Waals surface area contributed by atoms with Gasteiger partial charge in [0, 0.05) is 46.3 Å². The van der Waals surface area contributed by atoms with Crippen molar-refractivity contribution in [3.05, 3.63) is 58.1 Å². The van der Waals surface area contributed by atoms with Crippen molar-refractivity contribution in [3.8, 4) is 0 Å². The number of anilines is 1. The molecule has 1 saturated heterocycles. The van der Waals surface area contributed by atoms with Crippen LogP contribution < -0.4 is 4.90 Å². The molecule has 0 spiro atoms. The molecule has 2 aromatic rings. The lowest BCUT2D eigenvalue weighted by molar-refractivity contribution is -0.167. The Morgan fingerprint density at radius 1 is 1.06 bits per heavy atom. The molecule has 3 rings (SSSR count). The van der Waals surface area contributed by atoms with Gasteiger partial charge in [-0.2, -0.15) is 13.2 Å². The topological polar surface area (TPSA) is 40.6 Å². The Labute approximate surface area is 198 Å². The molecule has 0 saturated carbocycles. The molecule has 0 aromatic heterocycles. The molecule has 1 fully saturated rings. The maximum absolute atomic E-state index is 13.1. The van der Waals surface area contributed by atoms with Gasteiger partial charge in [-0.1, -0.05) is 29.3 Å². The minimum absolute atomic E-state index is 0.0323. The number of thioether (sulfide) groups is 1. The van der Waals surface area contributed by atoms with Crippen molar-refractivity contribution in [1.29, 1.82) is 0 Å². The zero-order valence-corrected chi connectivity index (χ0v) is 19.7. The van der Waals surface area contributed by atoms with Crippen molar-refractivity contribution in [1.82, 2.24) is 4.90 Å². The van der Waals surface area contributed by atoms with Gasteiger partial charge in [0.25, 0.3) is 5.91 Å². The molecule has 2 aromatic carbocycles. The number of rotatable bonds is 5. The molecule has 32 heavy (non-hydrogen) atoms. The van der Waals surface area contributed by atoms with Crippen LogP contribution in [0.5, 0.6) is 0 Å². The molecule has 1 aliphatic rings. The summed E-state index contributed by atoms with van der Waals surface area (Å²) in [6, 6.07) is 11.9. The van der Waals surface area contributed by atoms with Crippen LogP contribution in [0.2, 0.25) is 10.0 Å². The van der Waals surface area contributed by atoms with E-state index in [1.165, 1.54) is 18.2 Å². The standard InChI is InChI=1S/C22H21Cl2F3N2O2S/c1-13-14(2)29(9-8-28(13)17-5-3-4-16(23)11-17)21(31)15-6-7-19(18(24)10-15)32-12-20(30)22(25,26)27/h3-7,10-11,13-14H,8-9,12H2,1-2H3/t13-,14-/m0/s1. The summed E-state index contributed by atoms with van der Waals surface area (Å²) < 4.78 is 37.2. The van der Waals surface area contributed by atoms with E-state index in [2.05, 4.69) is 4.90 Å². The van der Waals surface area contributed by atoms with Crippen molar-refractivity contribution in [2.24, 2.45) is 0 Å². The summed E-state index contributed by atoms with van der Waals surface area (Å²) >= 11 is 13.0. The van der Waals surface area contributed by atoms with Gasteiger partial charge < -0.3 is 9.80 Å². The Hall–Kier alpha value is -1.90. The summed E-state index contributed by atoms with van der Waals surface area (Å²) in [6.07, 6.45) is -4.88. The van der Waals surface area contributed by atoms with Gasteiger partial charge in [0.05, 0.1) is 10.8 Å². The molecule has 10 heteroatoms. The Kier molecular flexibility index (Phi) is 7.68. The quantitative estimate of drug-likeness (QED) is 0.471. The first kappa shape index (κ1) is 24.7. The fourth-order valence-corrected chi connectivity index (χ4v) is 4.93. The van der Waals surface area contributed by atoms with Crippen LogP contribution in [-0.4, -0.2) is 53.7 Å².